The Kier molecular flexibility index (Phi) is 6.12. The van der Waals surface area contributed by atoms with Crippen LogP contribution in [0.2, 0.25) is 0 Å². The van der Waals surface area contributed by atoms with Crippen molar-refractivity contribution >= 4 is 23.4 Å². The van der Waals surface area contributed by atoms with Crippen LogP contribution in [-0.2, 0) is 9.53 Å². The number of ether oxygens (including phenoxy) is 1. The summed E-state index contributed by atoms with van der Waals surface area (Å²) in [5.74, 6) is -1.07. The molecule has 1 N–H and O–H groups in total. The summed E-state index contributed by atoms with van der Waals surface area (Å²) < 4.78 is 20.1. The van der Waals surface area contributed by atoms with Crippen LogP contribution in [0.3, 0.4) is 0 Å². The van der Waals surface area contributed by atoms with E-state index in [4.69, 9.17) is 4.74 Å². The average molecular weight is 413 g/mol. The zero-order valence-electron chi connectivity index (χ0n) is 17.0. The van der Waals surface area contributed by atoms with Gasteiger partial charge in [0.05, 0.1) is 47.9 Å². The van der Waals surface area contributed by atoms with E-state index in [1.165, 1.54) is 17.9 Å². The highest BCUT2D eigenvalue weighted by molar-refractivity contribution is 5.90. The summed E-state index contributed by atoms with van der Waals surface area (Å²) in [6.07, 6.45) is -0.0991. The minimum absolute atomic E-state index is 0.202. The molecule has 9 heteroatoms. The molecule has 2 heterocycles. The fraction of sp³-hybridized carbons (Fsp3) is 0.524. The molecule has 3 rings (SSSR count). The number of halogens is 1. The standard InChI is InChI=1S/C21H24FN5O3/c1-14(10-23)21(13-24)5-7-26(8-6-21)19-4-3-16(9-18(19)22)27-12-17(30-20(27)29)11-25-15(2)28/h3-4,9,14,17H,5-8,11-12H2,1-2H3,(H,25,28)/t14?,17-/m0/s1. The van der Waals surface area contributed by atoms with Crippen LogP contribution in [0.25, 0.3) is 0 Å². The van der Waals surface area contributed by atoms with Crippen LogP contribution < -0.4 is 15.1 Å². The molecule has 2 aliphatic rings. The number of amides is 2. The summed E-state index contributed by atoms with van der Waals surface area (Å²) >= 11 is 0. The van der Waals surface area contributed by atoms with Crippen molar-refractivity contribution in [2.75, 3.05) is 36.0 Å². The highest BCUT2D eigenvalue weighted by Crippen LogP contribution is 2.40. The first kappa shape index (κ1) is 21.4. The number of rotatable bonds is 5. The van der Waals surface area contributed by atoms with Gasteiger partial charge in [0.1, 0.15) is 11.9 Å². The SMILES string of the molecule is CC(=O)NC[C@H]1CN(c2ccc(N3CCC(C#N)(C(C)C#N)CC3)c(F)c2)C(=O)O1. The monoisotopic (exact) mass is 413 g/mol. The number of nitriles is 2. The van der Waals surface area contributed by atoms with Crippen molar-refractivity contribution in [3.05, 3.63) is 24.0 Å². The summed E-state index contributed by atoms with van der Waals surface area (Å²) in [6.45, 7) is 4.50. The molecule has 0 saturated carbocycles. The summed E-state index contributed by atoms with van der Waals surface area (Å²) in [6, 6.07) is 9.03. The summed E-state index contributed by atoms with van der Waals surface area (Å²) in [5.41, 5.74) is 0.0782. The minimum Gasteiger partial charge on any atom is -0.442 e. The van der Waals surface area contributed by atoms with Crippen molar-refractivity contribution in [3.63, 3.8) is 0 Å². The van der Waals surface area contributed by atoms with E-state index in [2.05, 4.69) is 17.5 Å². The third kappa shape index (κ3) is 4.16. The number of hydrogen-bond acceptors (Lipinski definition) is 6. The number of hydrogen-bond donors (Lipinski definition) is 1. The van der Waals surface area contributed by atoms with E-state index in [0.29, 0.717) is 37.3 Å². The first-order valence-electron chi connectivity index (χ1n) is 9.87. The van der Waals surface area contributed by atoms with Crippen molar-refractivity contribution < 1.29 is 18.7 Å². The number of nitrogens with one attached hydrogen (secondary N) is 1. The van der Waals surface area contributed by atoms with Crippen LogP contribution >= 0.6 is 0 Å². The summed E-state index contributed by atoms with van der Waals surface area (Å²) in [5, 5.41) is 21.4. The van der Waals surface area contributed by atoms with Crippen molar-refractivity contribution in [2.24, 2.45) is 11.3 Å². The van der Waals surface area contributed by atoms with Crippen LogP contribution in [-0.4, -0.2) is 44.3 Å². The van der Waals surface area contributed by atoms with Gasteiger partial charge >= 0.3 is 6.09 Å². The van der Waals surface area contributed by atoms with E-state index in [9.17, 15) is 24.5 Å². The topological polar surface area (TPSA) is 109 Å². The molecule has 1 aromatic rings. The number of carbonyl (C=O) groups excluding carboxylic acids is 2. The molecular formula is C21H24FN5O3. The van der Waals surface area contributed by atoms with E-state index in [1.807, 2.05) is 4.90 Å². The molecule has 2 saturated heterocycles. The lowest BCUT2D eigenvalue weighted by Gasteiger charge is -2.39. The van der Waals surface area contributed by atoms with E-state index < -0.39 is 23.4 Å². The van der Waals surface area contributed by atoms with Gasteiger partial charge in [-0.1, -0.05) is 0 Å². The van der Waals surface area contributed by atoms with Crippen molar-refractivity contribution in [1.82, 2.24) is 5.32 Å². The molecule has 2 aliphatic heterocycles. The number of nitrogens with zero attached hydrogens (tertiary/aromatic N) is 4. The van der Waals surface area contributed by atoms with E-state index in [-0.39, 0.29) is 24.9 Å². The fourth-order valence-electron chi connectivity index (χ4n) is 3.93. The molecule has 2 atom stereocenters. The third-order valence-corrected chi connectivity index (χ3v) is 5.94. The van der Waals surface area contributed by atoms with Crippen LogP contribution in [0.5, 0.6) is 0 Å². The molecule has 0 aliphatic carbocycles. The average Bonchev–Trinajstić information content (AvgIpc) is 3.12. The minimum atomic E-state index is -0.704. The number of carbonyl (C=O) groups is 2. The van der Waals surface area contributed by atoms with Crippen LogP contribution in [0, 0.1) is 39.8 Å². The maximum Gasteiger partial charge on any atom is 0.414 e. The second-order valence-electron chi connectivity index (χ2n) is 7.79. The van der Waals surface area contributed by atoms with E-state index >= 15 is 0 Å². The normalized spacial score (nSPS) is 21.4. The molecule has 158 valence electrons. The van der Waals surface area contributed by atoms with Crippen LogP contribution in [0.15, 0.2) is 18.2 Å². The maximum atomic E-state index is 14.9. The number of piperidine rings is 1. The van der Waals surface area contributed by atoms with Gasteiger partial charge in [0, 0.05) is 20.0 Å². The van der Waals surface area contributed by atoms with Gasteiger partial charge in [-0.3, -0.25) is 9.69 Å². The molecule has 0 aromatic heterocycles. The molecule has 1 unspecified atom stereocenters. The fourth-order valence-corrected chi connectivity index (χ4v) is 3.93. The second kappa shape index (κ2) is 8.58. The van der Waals surface area contributed by atoms with E-state index in [0.717, 1.165) is 0 Å². The number of cyclic esters (lactones) is 1. The number of benzene rings is 1. The van der Waals surface area contributed by atoms with Gasteiger partial charge in [-0.25, -0.2) is 9.18 Å². The Morgan fingerprint density at radius 2 is 2.10 bits per heavy atom. The smallest absolute Gasteiger partial charge is 0.414 e. The molecular weight excluding hydrogens is 389 g/mol. The van der Waals surface area contributed by atoms with Gasteiger partial charge in [-0.05, 0) is 38.0 Å². The zero-order chi connectivity index (χ0) is 21.9. The Balaban J connectivity index is 1.68. The van der Waals surface area contributed by atoms with Crippen molar-refractivity contribution in [3.8, 4) is 12.1 Å². The first-order valence-corrected chi connectivity index (χ1v) is 9.87. The molecule has 2 amide bonds. The highest BCUT2D eigenvalue weighted by Gasteiger charge is 2.40. The van der Waals surface area contributed by atoms with Gasteiger partial charge in [0.15, 0.2) is 0 Å². The molecule has 8 nitrogen and oxygen atoms in total. The van der Waals surface area contributed by atoms with Gasteiger partial charge in [-0.15, -0.1) is 0 Å². The van der Waals surface area contributed by atoms with Crippen molar-refractivity contribution in [2.45, 2.75) is 32.8 Å². The third-order valence-electron chi connectivity index (χ3n) is 5.94. The Morgan fingerprint density at radius 1 is 1.40 bits per heavy atom. The molecule has 1 aromatic carbocycles. The molecule has 0 spiro atoms. The lowest BCUT2D eigenvalue weighted by molar-refractivity contribution is -0.119. The van der Waals surface area contributed by atoms with Crippen molar-refractivity contribution in [1.29, 1.82) is 10.5 Å². The lowest BCUT2D eigenvalue weighted by atomic mass is 9.71. The Hall–Kier alpha value is -3.33. The predicted octanol–water partition coefficient (Wildman–Crippen LogP) is 2.56. The Bertz CT molecular complexity index is 914. The zero-order valence-corrected chi connectivity index (χ0v) is 17.0. The van der Waals surface area contributed by atoms with Crippen LogP contribution in [0.1, 0.15) is 26.7 Å². The van der Waals surface area contributed by atoms with Crippen LogP contribution in [0.4, 0.5) is 20.6 Å². The Labute approximate surface area is 174 Å². The predicted molar refractivity (Wildman–Crippen MR) is 107 cm³/mol. The maximum absolute atomic E-state index is 14.9. The molecule has 2 fully saturated rings. The largest absolute Gasteiger partial charge is 0.442 e. The van der Waals surface area contributed by atoms with Gasteiger partial charge < -0.3 is 15.0 Å². The molecule has 30 heavy (non-hydrogen) atoms. The second-order valence-corrected chi connectivity index (χ2v) is 7.79. The summed E-state index contributed by atoms with van der Waals surface area (Å²) in [7, 11) is 0. The Morgan fingerprint density at radius 3 is 2.67 bits per heavy atom. The summed E-state index contributed by atoms with van der Waals surface area (Å²) in [4.78, 5) is 26.4. The first-order chi connectivity index (χ1) is 14.3. The quantitative estimate of drug-likeness (QED) is 0.795. The lowest BCUT2D eigenvalue weighted by Crippen LogP contribution is -2.42. The van der Waals surface area contributed by atoms with Gasteiger partial charge in [0.2, 0.25) is 5.91 Å². The highest BCUT2D eigenvalue weighted by atomic mass is 19.1. The van der Waals surface area contributed by atoms with Gasteiger partial charge in [0.25, 0.3) is 0 Å². The number of anilines is 2. The molecule has 0 radical (unpaired) electrons. The molecule has 0 bridgehead atoms. The van der Waals surface area contributed by atoms with Gasteiger partial charge in [-0.2, -0.15) is 10.5 Å². The van der Waals surface area contributed by atoms with E-state index in [1.54, 1.807) is 19.1 Å².